The Balaban J connectivity index is 1.25. The van der Waals surface area contributed by atoms with E-state index in [1.807, 2.05) is 18.4 Å². The molecule has 1 atom stereocenters. The molecular formula is C22H20FN5OS3. The fraction of sp³-hybridized carbons (Fsp3) is 0.273. The van der Waals surface area contributed by atoms with E-state index in [-0.39, 0.29) is 17.0 Å². The first-order valence-corrected chi connectivity index (χ1v) is 12.9. The summed E-state index contributed by atoms with van der Waals surface area (Å²) in [4.78, 5) is 18.5. The van der Waals surface area contributed by atoms with Crippen LogP contribution in [-0.4, -0.2) is 30.9 Å². The number of nitrogens with one attached hydrogen (secondary N) is 1. The monoisotopic (exact) mass is 485 g/mol. The van der Waals surface area contributed by atoms with Crippen LogP contribution >= 0.6 is 34.4 Å². The molecule has 1 aliphatic carbocycles. The van der Waals surface area contributed by atoms with Gasteiger partial charge in [-0.05, 0) is 55.5 Å². The van der Waals surface area contributed by atoms with E-state index in [4.69, 9.17) is 0 Å². The maximum Gasteiger partial charge on any atom is 0.239 e. The normalized spacial score (nSPS) is 14.4. The lowest BCUT2D eigenvalue weighted by atomic mass is 10.2. The Morgan fingerprint density at radius 3 is 2.78 bits per heavy atom. The van der Waals surface area contributed by atoms with Crippen molar-refractivity contribution in [2.75, 3.05) is 5.32 Å². The number of aromatic nitrogens is 4. The number of rotatable bonds is 8. The molecule has 32 heavy (non-hydrogen) atoms. The van der Waals surface area contributed by atoms with E-state index in [0.29, 0.717) is 16.9 Å². The highest BCUT2D eigenvalue weighted by atomic mass is 32.2. The number of amides is 1. The van der Waals surface area contributed by atoms with Gasteiger partial charge in [0.05, 0.1) is 10.9 Å². The molecule has 1 aromatic carbocycles. The topological polar surface area (TPSA) is 72.7 Å². The van der Waals surface area contributed by atoms with Crippen LogP contribution in [0.1, 0.15) is 36.5 Å². The van der Waals surface area contributed by atoms with E-state index < -0.39 is 0 Å². The zero-order chi connectivity index (χ0) is 22.1. The fourth-order valence-corrected chi connectivity index (χ4v) is 5.64. The molecule has 1 fully saturated rings. The van der Waals surface area contributed by atoms with Gasteiger partial charge in [0, 0.05) is 28.3 Å². The van der Waals surface area contributed by atoms with Crippen molar-refractivity contribution in [3.63, 3.8) is 0 Å². The van der Waals surface area contributed by atoms with Gasteiger partial charge in [0.2, 0.25) is 5.91 Å². The number of nitrogens with zero attached hydrogens (tertiary/aromatic N) is 4. The highest BCUT2D eigenvalue weighted by Crippen LogP contribution is 2.40. The predicted octanol–water partition coefficient (Wildman–Crippen LogP) is 5.65. The van der Waals surface area contributed by atoms with Crippen LogP contribution in [-0.2, 0) is 11.2 Å². The Hall–Kier alpha value is -2.56. The lowest BCUT2D eigenvalue weighted by molar-refractivity contribution is -0.115. The molecule has 5 rings (SSSR count). The molecule has 1 aliphatic rings. The van der Waals surface area contributed by atoms with Gasteiger partial charge in [-0.15, -0.1) is 32.9 Å². The second-order valence-corrected chi connectivity index (χ2v) is 10.7. The zero-order valence-corrected chi connectivity index (χ0v) is 19.6. The summed E-state index contributed by atoms with van der Waals surface area (Å²) in [5.74, 6) is 0.523. The summed E-state index contributed by atoms with van der Waals surface area (Å²) in [5.41, 5.74) is 1.51. The van der Waals surface area contributed by atoms with E-state index in [1.54, 1.807) is 23.5 Å². The third-order valence-electron chi connectivity index (χ3n) is 5.09. The molecule has 0 saturated heterocycles. The zero-order valence-electron chi connectivity index (χ0n) is 17.2. The summed E-state index contributed by atoms with van der Waals surface area (Å²) >= 11 is 4.48. The summed E-state index contributed by atoms with van der Waals surface area (Å²) in [5, 5.41) is 16.6. The number of carbonyl (C=O) groups excluding carboxylic acids is 1. The summed E-state index contributed by atoms with van der Waals surface area (Å²) < 4.78 is 15.3. The molecular weight excluding hydrogens is 465 g/mol. The summed E-state index contributed by atoms with van der Waals surface area (Å²) in [6, 6.07) is 10.7. The first kappa shape index (κ1) is 21.3. The molecule has 6 nitrogen and oxygen atoms in total. The molecule has 0 radical (unpaired) electrons. The quantitative estimate of drug-likeness (QED) is 0.327. The molecule has 0 spiro atoms. The molecule has 0 aliphatic heterocycles. The average molecular weight is 486 g/mol. The van der Waals surface area contributed by atoms with E-state index in [2.05, 4.69) is 36.5 Å². The Bertz CT molecular complexity index is 1210. The molecule has 0 bridgehead atoms. The third kappa shape index (κ3) is 4.77. The van der Waals surface area contributed by atoms with Crippen molar-refractivity contribution in [2.45, 2.75) is 42.6 Å². The first-order chi connectivity index (χ1) is 15.6. The standard InChI is InChI=1S/C22H20FN5OS3/c1-13(20(29)25-21-24-18(12-31-21)14-4-6-15(23)7-5-14)32-22-27-26-19(28(22)16-8-9-16)11-17-3-2-10-30-17/h2-7,10,12-13,16H,8-9,11H2,1H3,(H,24,25,29). The molecule has 1 N–H and O–H groups in total. The van der Waals surface area contributed by atoms with Gasteiger partial charge in [-0.2, -0.15) is 0 Å². The average Bonchev–Trinajstić information content (AvgIpc) is 3.15. The van der Waals surface area contributed by atoms with Crippen molar-refractivity contribution in [3.05, 3.63) is 63.7 Å². The molecule has 10 heteroatoms. The van der Waals surface area contributed by atoms with Gasteiger partial charge >= 0.3 is 0 Å². The van der Waals surface area contributed by atoms with E-state index >= 15 is 0 Å². The van der Waals surface area contributed by atoms with Gasteiger partial charge in [-0.25, -0.2) is 9.37 Å². The van der Waals surface area contributed by atoms with Crippen LogP contribution in [0.4, 0.5) is 9.52 Å². The molecule has 164 valence electrons. The van der Waals surface area contributed by atoms with Gasteiger partial charge < -0.3 is 9.88 Å². The molecule has 1 amide bonds. The number of thiazole rings is 1. The molecule has 4 aromatic rings. The Kier molecular flexibility index (Phi) is 6.07. The Morgan fingerprint density at radius 2 is 2.06 bits per heavy atom. The molecule has 1 saturated carbocycles. The second kappa shape index (κ2) is 9.13. The minimum atomic E-state index is -0.357. The van der Waals surface area contributed by atoms with Gasteiger partial charge in [-0.1, -0.05) is 17.8 Å². The van der Waals surface area contributed by atoms with Gasteiger partial charge in [0.15, 0.2) is 10.3 Å². The number of carbonyl (C=O) groups is 1. The SMILES string of the molecule is CC(Sc1nnc(Cc2cccs2)n1C1CC1)C(=O)Nc1nc(-c2ccc(F)cc2)cs1. The maximum absolute atomic E-state index is 13.1. The molecule has 3 aromatic heterocycles. The van der Waals surface area contributed by atoms with Crippen molar-refractivity contribution in [1.82, 2.24) is 19.7 Å². The van der Waals surface area contributed by atoms with Gasteiger partial charge in [-0.3, -0.25) is 4.79 Å². The van der Waals surface area contributed by atoms with Crippen LogP contribution in [0.3, 0.4) is 0 Å². The first-order valence-electron chi connectivity index (χ1n) is 10.2. The molecule has 3 heterocycles. The largest absolute Gasteiger partial charge is 0.303 e. The van der Waals surface area contributed by atoms with E-state index in [1.165, 1.54) is 40.1 Å². The smallest absolute Gasteiger partial charge is 0.239 e. The van der Waals surface area contributed by atoms with Crippen LogP contribution in [0.25, 0.3) is 11.3 Å². The van der Waals surface area contributed by atoms with Crippen molar-refractivity contribution in [2.24, 2.45) is 0 Å². The number of anilines is 1. The Morgan fingerprint density at radius 1 is 1.25 bits per heavy atom. The number of hydrogen-bond acceptors (Lipinski definition) is 7. The fourth-order valence-electron chi connectivity index (χ4n) is 3.28. The number of benzene rings is 1. The number of hydrogen-bond donors (Lipinski definition) is 1. The van der Waals surface area contributed by atoms with Crippen molar-refractivity contribution in [3.8, 4) is 11.3 Å². The minimum Gasteiger partial charge on any atom is -0.303 e. The molecule has 1 unspecified atom stereocenters. The number of halogens is 1. The van der Waals surface area contributed by atoms with Gasteiger partial charge in [0.1, 0.15) is 11.6 Å². The van der Waals surface area contributed by atoms with Crippen molar-refractivity contribution in [1.29, 1.82) is 0 Å². The van der Waals surface area contributed by atoms with E-state index in [0.717, 1.165) is 35.8 Å². The summed E-state index contributed by atoms with van der Waals surface area (Å²) in [6.07, 6.45) is 3.00. The van der Waals surface area contributed by atoms with Crippen LogP contribution in [0.15, 0.2) is 52.3 Å². The van der Waals surface area contributed by atoms with E-state index in [9.17, 15) is 9.18 Å². The highest BCUT2D eigenvalue weighted by molar-refractivity contribution is 8.00. The lowest BCUT2D eigenvalue weighted by Crippen LogP contribution is -2.23. The number of thiophene rings is 1. The maximum atomic E-state index is 13.1. The Labute approximate surface area is 196 Å². The second-order valence-electron chi connectivity index (χ2n) is 7.55. The van der Waals surface area contributed by atoms with Crippen molar-refractivity contribution < 1.29 is 9.18 Å². The number of thioether (sulfide) groups is 1. The summed E-state index contributed by atoms with van der Waals surface area (Å²) in [6.45, 7) is 1.86. The van der Waals surface area contributed by atoms with Crippen LogP contribution in [0.5, 0.6) is 0 Å². The third-order valence-corrected chi connectivity index (χ3v) is 7.78. The summed E-state index contributed by atoms with van der Waals surface area (Å²) in [7, 11) is 0. The van der Waals surface area contributed by atoms with Crippen molar-refractivity contribution >= 4 is 45.5 Å². The van der Waals surface area contributed by atoms with Gasteiger partial charge in [0.25, 0.3) is 0 Å². The predicted molar refractivity (Wildman–Crippen MR) is 127 cm³/mol. The van der Waals surface area contributed by atoms with Crippen LogP contribution in [0.2, 0.25) is 0 Å². The van der Waals surface area contributed by atoms with Crippen LogP contribution in [0, 0.1) is 5.82 Å². The lowest BCUT2D eigenvalue weighted by Gasteiger charge is -2.12. The van der Waals surface area contributed by atoms with Crippen LogP contribution < -0.4 is 5.32 Å². The minimum absolute atomic E-state index is 0.139. The highest BCUT2D eigenvalue weighted by Gasteiger charge is 2.31.